The number of aromatic amines is 1. The van der Waals surface area contributed by atoms with Gasteiger partial charge in [0.15, 0.2) is 0 Å². The fraction of sp³-hybridized carbons (Fsp3) is 0.0833. The van der Waals surface area contributed by atoms with E-state index in [2.05, 4.69) is 15.6 Å². The number of amides is 2. The Morgan fingerprint density at radius 2 is 2.05 bits per heavy atom. The fourth-order valence-corrected chi connectivity index (χ4v) is 2.10. The van der Waals surface area contributed by atoms with Crippen LogP contribution in [0.15, 0.2) is 34.4 Å². The maximum absolute atomic E-state index is 11.7. The van der Waals surface area contributed by atoms with Gasteiger partial charge in [-0.1, -0.05) is 23.5 Å². The molecule has 0 bridgehead atoms. The number of H-pyrrole nitrogens is 1. The topological polar surface area (TPSA) is 111 Å². The van der Waals surface area contributed by atoms with Gasteiger partial charge in [0.05, 0.1) is 17.8 Å². The second kappa shape index (κ2) is 6.02. The fourth-order valence-electron chi connectivity index (χ4n) is 1.52. The molecule has 0 spiro atoms. The summed E-state index contributed by atoms with van der Waals surface area (Å²) in [6, 6.07) is 5.54. The summed E-state index contributed by atoms with van der Waals surface area (Å²) in [7, 11) is 0. The summed E-state index contributed by atoms with van der Waals surface area (Å²) in [4.78, 5) is 35.9. The van der Waals surface area contributed by atoms with Gasteiger partial charge in [0.25, 0.3) is 0 Å². The minimum atomic E-state index is -1.12. The smallest absolute Gasteiger partial charge is 0.337 e. The Labute approximate surface area is 117 Å². The summed E-state index contributed by atoms with van der Waals surface area (Å²) < 4.78 is 0. The van der Waals surface area contributed by atoms with Crippen LogP contribution in [0.1, 0.15) is 16.1 Å². The van der Waals surface area contributed by atoms with Crippen molar-refractivity contribution in [2.45, 2.75) is 6.54 Å². The van der Waals surface area contributed by atoms with Crippen LogP contribution < -0.4 is 15.5 Å². The Bertz CT molecular complexity index is 692. The van der Waals surface area contributed by atoms with Crippen LogP contribution in [0.4, 0.5) is 10.5 Å². The average Bonchev–Trinajstić information content (AvgIpc) is 2.83. The van der Waals surface area contributed by atoms with Crippen LogP contribution in [0.2, 0.25) is 0 Å². The molecule has 0 saturated heterocycles. The van der Waals surface area contributed by atoms with Gasteiger partial charge in [0, 0.05) is 11.1 Å². The molecular formula is C12H11N3O4S. The zero-order chi connectivity index (χ0) is 14.5. The molecule has 20 heavy (non-hydrogen) atoms. The molecule has 1 aromatic carbocycles. The largest absolute Gasteiger partial charge is 0.478 e. The molecule has 0 atom stereocenters. The Balaban J connectivity index is 1.98. The van der Waals surface area contributed by atoms with Crippen molar-refractivity contribution >= 4 is 29.0 Å². The predicted octanol–water partition coefficient (Wildman–Crippen LogP) is 1.46. The second-order valence-electron chi connectivity index (χ2n) is 3.83. The van der Waals surface area contributed by atoms with Crippen LogP contribution in [0, 0.1) is 0 Å². The van der Waals surface area contributed by atoms with Gasteiger partial charge >= 0.3 is 16.9 Å². The number of carbonyl (C=O) groups is 2. The molecule has 1 heterocycles. The molecule has 2 aromatic rings. The van der Waals surface area contributed by atoms with Crippen molar-refractivity contribution in [3.8, 4) is 0 Å². The third kappa shape index (κ3) is 3.45. The number of hydrogen-bond acceptors (Lipinski definition) is 4. The summed E-state index contributed by atoms with van der Waals surface area (Å²) in [5.41, 5.74) is 0.796. The van der Waals surface area contributed by atoms with E-state index < -0.39 is 12.0 Å². The van der Waals surface area contributed by atoms with Crippen LogP contribution in [-0.4, -0.2) is 22.1 Å². The Kier molecular flexibility index (Phi) is 4.16. The lowest BCUT2D eigenvalue weighted by atomic mass is 10.2. The van der Waals surface area contributed by atoms with E-state index in [4.69, 9.17) is 5.11 Å². The van der Waals surface area contributed by atoms with Crippen LogP contribution in [0.5, 0.6) is 0 Å². The lowest BCUT2D eigenvalue weighted by Crippen LogP contribution is -2.29. The van der Waals surface area contributed by atoms with Crippen LogP contribution in [0.3, 0.4) is 0 Å². The van der Waals surface area contributed by atoms with E-state index in [0.717, 1.165) is 11.3 Å². The highest BCUT2D eigenvalue weighted by Crippen LogP contribution is 2.14. The van der Waals surface area contributed by atoms with Crippen molar-refractivity contribution in [1.82, 2.24) is 10.3 Å². The first-order valence-electron chi connectivity index (χ1n) is 5.60. The van der Waals surface area contributed by atoms with Gasteiger partial charge < -0.3 is 20.7 Å². The van der Waals surface area contributed by atoms with Crippen molar-refractivity contribution in [1.29, 1.82) is 0 Å². The number of carbonyl (C=O) groups excluding carboxylic acids is 1. The quantitative estimate of drug-likeness (QED) is 0.683. The third-order valence-corrected chi connectivity index (χ3v) is 3.13. The highest BCUT2D eigenvalue weighted by atomic mass is 32.1. The lowest BCUT2D eigenvalue weighted by Gasteiger charge is -2.09. The van der Waals surface area contributed by atoms with Gasteiger partial charge in [-0.25, -0.2) is 9.59 Å². The number of hydrogen-bond donors (Lipinski definition) is 4. The Morgan fingerprint density at radius 3 is 2.70 bits per heavy atom. The monoisotopic (exact) mass is 293 g/mol. The van der Waals surface area contributed by atoms with Gasteiger partial charge in [-0.15, -0.1) is 0 Å². The van der Waals surface area contributed by atoms with Gasteiger partial charge in [-0.2, -0.15) is 0 Å². The molecule has 0 aliphatic heterocycles. The molecule has 0 unspecified atom stereocenters. The number of nitrogens with one attached hydrogen (secondary N) is 3. The van der Waals surface area contributed by atoms with Gasteiger partial charge in [0.2, 0.25) is 0 Å². The minimum absolute atomic E-state index is 0.00610. The number of urea groups is 1. The molecule has 0 fully saturated rings. The van der Waals surface area contributed by atoms with E-state index in [1.54, 1.807) is 17.5 Å². The summed E-state index contributed by atoms with van der Waals surface area (Å²) >= 11 is 1.01. The number of benzene rings is 1. The molecule has 0 saturated carbocycles. The van der Waals surface area contributed by atoms with Crippen molar-refractivity contribution in [2.24, 2.45) is 0 Å². The molecule has 2 rings (SSSR count). The summed E-state index contributed by atoms with van der Waals surface area (Å²) in [5, 5.41) is 15.6. The van der Waals surface area contributed by atoms with Crippen LogP contribution >= 0.6 is 11.3 Å². The Morgan fingerprint density at radius 1 is 1.30 bits per heavy atom. The maximum atomic E-state index is 11.7. The van der Waals surface area contributed by atoms with E-state index >= 15 is 0 Å². The van der Waals surface area contributed by atoms with E-state index in [-0.39, 0.29) is 22.7 Å². The first-order chi connectivity index (χ1) is 9.56. The van der Waals surface area contributed by atoms with Crippen molar-refractivity contribution in [3.05, 3.63) is 50.6 Å². The molecule has 8 heteroatoms. The lowest BCUT2D eigenvalue weighted by molar-refractivity contribution is 0.0698. The normalized spacial score (nSPS) is 10.0. The van der Waals surface area contributed by atoms with Gasteiger partial charge in [-0.3, -0.25) is 4.79 Å². The molecule has 0 aliphatic carbocycles. The number of carboxylic acids is 1. The molecule has 7 nitrogen and oxygen atoms in total. The molecule has 104 valence electrons. The zero-order valence-electron chi connectivity index (χ0n) is 10.2. The zero-order valence-corrected chi connectivity index (χ0v) is 11.0. The van der Waals surface area contributed by atoms with Crippen LogP contribution in [-0.2, 0) is 6.54 Å². The summed E-state index contributed by atoms with van der Waals surface area (Å²) in [5.74, 6) is -1.12. The molecule has 1 aromatic heterocycles. The number of anilines is 1. The van der Waals surface area contributed by atoms with Gasteiger partial charge in [-0.05, 0) is 12.1 Å². The number of aromatic carboxylic acids is 1. The SMILES string of the molecule is O=C(NCc1csc(=O)[nH]1)Nc1ccccc1C(=O)O. The highest BCUT2D eigenvalue weighted by Gasteiger charge is 2.11. The summed E-state index contributed by atoms with van der Waals surface area (Å²) in [6.07, 6.45) is 0. The standard InChI is InChI=1S/C12H11N3O4S/c16-10(17)8-3-1-2-4-9(8)15-11(18)13-5-7-6-20-12(19)14-7/h1-4,6H,5H2,(H,14,19)(H,16,17)(H2,13,15,18). The molecule has 2 amide bonds. The van der Waals surface area contributed by atoms with E-state index in [0.29, 0.717) is 5.69 Å². The number of carboxylic acid groups (broad SMARTS) is 1. The molecule has 0 radical (unpaired) electrons. The highest BCUT2D eigenvalue weighted by molar-refractivity contribution is 7.07. The first-order valence-corrected chi connectivity index (χ1v) is 6.48. The third-order valence-electron chi connectivity index (χ3n) is 2.42. The number of rotatable bonds is 4. The second-order valence-corrected chi connectivity index (χ2v) is 4.67. The predicted molar refractivity (Wildman–Crippen MR) is 74.2 cm³/mol. The van der Waals surface area contributed by atoms with Gasteiger partial charge in [0.1, 0.15) is 0 Å². The number of thiazole rings is 1. The van der Waals surface area contributed by atoms with Crippen molar-refractivity contribution < 1.29 is 14.7 Å². The van der Waals surface area contributed by atoms with E-state index in [1.807, 2.05) is 0 Å². The summed E-state index contributed by atoms with van der Waals surface area (Å²) in [6.45, 7) is 0.153. The van der Waals surface area contributed by atoms with Crippen molar-refractivity contribution in [2.75, 3.05) is 5.32 Å². The van der Waals surface area contributed by atoms with E-state index in [1.165, 1.54) is 12.1 Å². The molecular weight excluding hydrogens is 282 g/mol. The maximum Gasteiger partial charge on any atom is 0.337 e. The van der Waals surface area contributed by atoms with Crippen LogP contribution in [0.25, 0.3) is 0 Å². The van der Waals surface area contributed by atoms with Crippen molar-refractivity contribution in [3.63, 3.8) is 0 Å². The first kappa shape index (κ1) is 13.8. The average molecular weight is 293 g/mol. The van der Waals surface area contributed by atoms with E-state index in [9.17, 15) is 14.4 Å². The molecule has 0 aliphatic rings. The number of aromatic nitrogens is 1. The Hall–Kier alpha value is -2.61. The minimum Gasteiger partial charge on any atom is -0.478 e. The molecule has 4 N–H and O–H groups in total. The number of para-hydroxylation sites is 1.